The van der Waals surface area contributed by atoms with Gasteiger partial charge >= 0.3 is 6.61 Å². The molecule has 2 rings (SSSR count). The molecule has 0 spiro atoms. The fraction of sp³-hybridized carbons (Fsp3) is 0.600. The Balaban J connectivity index is 2.09. The zero-order chi connectivity index (χ0) is 15.4. The standard InChI is InChI=1S/C15H22F2N2OS/c1-10-8-19(9-11(2)21-10)14(7-18)12-3-5-13(6-4-12)20-15(16)17/h3-6,10-11,14-15H,7-9,18H2,1-2H3. The SMILES string of the molecule is CC1CN(C(CN)c2ccc(OC(F)F)cc2)CC(C)S1. The number of benzene rings is 1. The monoisotopic (exact) mass is 316 g/mol. The van der Waals surface area contributed by atoms with Crippen LogP contribution in [0, 0.1) is 0 Å². The van der Waals surface area contributed by atoms with Crippen LogP contribution in [0.5, 0.6) is 5.75 Å². The Morgan fingerprint density at radius 2 is 1.81 bits per heavy atom. The highest BCUT2D eigenvalue weighted by molar-refractivity contribution is 8.00. The molecule has 0 amide bonds. The van der Waals surface area contributed by atoms with Crippen LogP contribution in [-0.4, -0.2) is 41.6 Å². The average molecular weight is 316 g/mol. The van der Waals surface area contributed by atoms with Gasteiger partial charge in [0.25, 0.3) is 0 Å². The molecule has 1 aliphatic heterocycles. The minimum atomic E-state index is -2.79. The molecular weight excluding hydrogens is 294 g/mol. The van der Waals surface area contributed by atoms with Crippen LogP contribution >= 0.6 is 11.8 Å². The van der Waals surface area contributed by atoms with Gasteiger partial charge < -0.3 is 10.5 Å². The predicted molar refractivity (Wildman–Crippen MR) is 83.0 cm³/mol. The Bertz CT molecular complexity index is 434. The highest BCUT2D eigenvalue weighted by Gasteiger charge is 2.28. The Labute approximate surface area is 128 Å². The zero-order valence-corrected chi connectivity index (χ0v) is 13.2. The van der Waals surface area contributed by atoms with Gasteiger partial charge in [0.2, 0.25) is 0 Å². The van der Waals surface area contributed by atoms with Crippen molar-refractivity contribution in [1.82, 2.24) is 4.90 Å². The minimum absolute atomic E-state index is 0.122. The van der Waals surface area contributed by atoms with Gasteiger partial charge in [0.15, 0.2) is 0 Å². The third-order valence-corrected chi connectivity index (χ3v) is 4.83. The molecule has 1 saturated heterocycles. The molecule has 0 radical (unpaired) electrons. The third-order valence-electron chi connectivity index (χ3n) is 3.60. The fourth-order valence-electron chi connectivity index (χ4n) is 2.84. The molecule has 3 nitrogen and oxygen atoms in total. The van der Waals surface area contributed by atoms with Gasteiger partial charge in [-0.1, -0.05) is 26.0 Å². The summed E-state index contributed by atoms with van der Waals surface area (Å²) in [6.45, 7) is 4.15. The number of thioether (sulfide) groups is 1. The highest BCUT2D eigenvalue weighted by atomic mass is 32.2. The lowest BCUT2D eigenvalue weighted by molar-refractivity contribution is -0.0498. The van der Waals surface area contributed by atoms with Crippen molar-refractivity contribution in [3.63, 3.8) is 0 Å². The molecule has 0 aromatic heterocycles. The van der Waals surface area contributed by atoms with Crippen molar-refractivity contribution >= 4 is 11.8 Å². The number of ether oxygens (including phenoxy) is 1. The van der Waals surface area contributed by atoms with Crippen LogP contribution in [0.2, 0.25) is 0 Å². The van der Waals surface area contributed by atoms with Gasteiger partial charge in [0.1, 0.15) is 5.75 Å². The number of alkyl halides is 2. The summed E-state index contributed by atoms with van der Waals surface area (Å²) in [5.74, 6) is 0.181. The average Bonchev–Trinajstić information content (AvgIpc) is 2.40. The van der Waals surface area contributed by atoms with Gasteiger partial charge in [0.05, 0.1) is 0 Å². The van der Waals surface area contributed by atoms with Crippen molar-refractivity contribution in [2.75, 3.05) is 19.6 Å². The number of nitrogens with zero attached hydrogens (tertiary/aromatic N) is 1. The van der Waals surface area contributed by atoms with E-state index in [1.165, 1.54) is 0 Å². The Morgan fingerprint density at radius 1 is 1.24 bits per heavy atom. The molecule has 0 saturated carbocycles. The molecule has 1 fully saturated rings. The van der Waals surface area contributed by atoms with Crippen molar-refractivity contribution in [3.8, 4) is 5.75 Å². The van der Waals surface area contributed by atoms with E-state index in [1.54, 1.807) is 12.1 Å². The summed E-state index contributed by atoms with van der Waals surface area (Å²) >= 11 is 1.99. The summed E-state index contributed by atoms with van der Waals surface area (Å²) in [6, 6.07) is 6.93. The van der Waals surface area contributed by atoms with Crippen molar-refractivity contribution in [2.24, 2.45) is 5.73 Å². The maximum absolute atomic E-state index is 12.2. The molecule has 1 aliphatic rings. The summed E-state index contributed by atoms with van der Waals surface area (Å²) in [6.07, 6.45) is 0. The smallest absolute Gasteiger partial charge is 0.387 e. The quantitative estimate of drug-likeness (QED) is 0.906. The van der Waals surface area contributed by atoms with Crippen molar-refractivity contribution < 1.29 is 13.5 Å². The molecule has 21 heavy (non-hydrogen) atoms. The Morgan fingerprint density at radius 3 is 2.29 bits per heavy atom. The first-order valence-electron chi connectivity index (χ1n) is 7.14. The van der Waals surface area contributed by atoms with Gasteiger partial charge in [-0.2, -0.15) is 20.5 Å². The summed E-state index contributed by atoms with van der Waals surface area (Å²) in [7, 11) is 0. The fourth-order valence-corrected chi connectivity index (χ4v) is 4.19. The highest BCUT2D eigenvalue weighted by Crippen LogP contribution is 2.31. The molecule has 3 atom stereocenters. The van der Waals surface area contributed by atoms with E-state index in [0.29, 0.717) is 17.0 Å². The summed E-state index contributed by atoms with van der Waals surface area (Å²) in [5, 5.41) is 1.15. The van der Waals surface area contributed by atoms with Crippen LogP contribution < -0.4 is 10.5 Å². The lowest BCUT2D eigenvalue weighted by Gasteiger charge is -2.39. The molecule has 0 bridgehead atoms. The van der Waals surface area contributed by atoms with Crippen LogP contribution in [0.1, 0.15) is 25.5 Å². The van der Waals surface area contributed by atoms with E-state index >= 15 is 0 Å². The lowest BCUT2D eigenvalue weighted by Crippen LogP contribution is -2.44. The number of hydrogen-bond acceptors (Lipinski definition) is 4. The first-order valence-corrected chi connectivity index (χ1v) is 8.08. The molecule has 1 aromatic rings. The van der Waals surface area contributed by atoms with E-state index in [-0.39, 0.29) is 11.8 Å². The van der Waals surface area contributed by atoms with Crippen LogP contribution in [0.25, 0.3) is 0 Å². The molecule has 118 valence electrons. The predicted octanol–water partition coefficient (Wildman–Crippen LogP) is 3.11. The van der Waals surface area contributed by atoms with E-state index in [4.69, 9.17) is 5.73 Å². The van der Waals surface area contributed by atoms with E-state index in [1.807, 2.05) is 23.9 Å². The second-order valence-corrected chi connectivity index (χ2v) is 7.29. The molecule has 1 heterocycles. The number of halogens is 2. The molecular formula is C15H22F2N2OS. The molecule has 3 unspecified atom stereocenters. The van der Waals surface area contributed by atoms with Gasteiger partial charge in [-0.15, -0.1) is 0 Å². The summed E-state index contributed by atoms with van der Waals surface area (Å²) < 4.78 is 28.7. The maximum atomic E-state index is 12.2. The maximum Gasteiger partial charge on any atom is 0.387 e. The number of rotatable bonds is 5. The number of hydrogen-bond donors (Lipinski definition) is 1. The van der Waals surface area contributed by atoms with Crippen LogP contribution in [0.3, 0.4) is 0 Å². The third kappa shape index (κ3) is 4.56. The molecule has 1 aromatic carbocycles. The van der Waals surface area contributed by atoms with Crippen LogP contribution in [-0.2, 0) is 0 Å². The summed E-state index contributed by atoms with van der Waals surface area (Å²) in [5.41, 5.74) is 6.99. The Kier molecular flexibility index (Phi) is 5.84. The lowest BCUT2D eigenvalue weighted by atomic mass is 10.0. The topological polar surface area (TPSA) is 38.5 Å². The largest absolute Gasteiger partial charge is 0.435 e. The van der Waals surface area contributed by atoms with Crippen LogP contribution in [0.4, 0.5) is 8.78 Å². The van der Waals surface area contributed by atoms with E-state index in [2.05, 4.69) is 23.5 Å². The van der Waals surface area contributed by atoms with Gasteiger partial charge in [-0.25, -0.2) is 0 Å². The molecule has 2 N–H and O–H groups in total. The second-order valence-electron chi connectivity index (χ2n) is 5.41. The minimum Gasteiger partial charge on any atom is -0.435 e. The normalized spacial score (nSPS) is 25.0. The molecule has 6 heteroatoms. The first kappa shape index (κ1) is 16.5. The van der Waals surface area contributed by atoms with E-state index in [9.17, 15) is 8.78 Å². The van der Waals surface area contributed by atoms with Crippen molar-refractivity contribution in [1.29, 1.82) is 0 Å². The molecule has 0 aliphatic carbocycles. The van der Waals surface area contributed by atoms with Gasteiger partial charge in [-0.05, 0) is 17.7 Å². The number of nitrogens with two attached hydrogens (primary N) is 1. The van der Waals surface area contributed by atoms with E-state index < -0.39 is 6.61 Å². The van der Waals surface area contributed by atoms with Crippen molar-refractivity contribution in [2.45, 2.75) is 37.0 Å². The van der Waals surface area contributed by atoms with Gasteiger partial charge in [-0.3, -0.25) is 4.90 Å². The Hall–Kier alpha value is -0.850. The van der Waals surface area contributed by atoms with Gasteiger partial charge in [0, 0.05) is 36.2 Å². The zero-order valence-electron chi connectivity index (χ0n) is 12.3. The van der Waals surface area contributed by atoms with E-state index in [0.717, 1.165) is 18.7 Å². The van der Waals surface area contributed by atoms with Crippen molar-refractivity contribution in [3.05, 3.63) is 29.8 Å². The first-order chi connectivity index (χ1) is 9.99. The summed E-state index contributed by atoms with van der Waals surface area (Å²) in [4.78, 5) is 2.38. The second kappa shape index (κ2) is 7.42. The van der Waals surface area contributed by atoms with Crippen LogP contribution in [0.15, 0.2) is 24.3 Å².